The number of rotatable bonds is 3. The molecule has 2 aromatic rings. The van der Waals surface area contributed by atoms with Crippen molar-refractivity contribution in [3.05, 3.63) is 21.9 Å². The maximum atomic E-state index is 5.98. The standard InChI is InChI=1S/C10H10Cl2N6/c11-7-8(12)15-10(13)16-9(7)14-6-3-5(17-18-6)4-1-2-4/h3-4H,1-2H2,(H4,13,14,15,16,17,18). The quantitative estimate of drug-likeness (QED) is 0.754. The van der Waals surface area contributed by atoms with E-state index in [0.717, 1.165) is 5.69 Å². The fourth-order valence-corrected chi connectivity index (χ4v) is 1.95. The van der Waals surface area contributed by atoms with Crippen molar-refractivity contribution in [3.63, 3.8) is 0 Å². The summed E-state index contributed by atoms with van der Waals surface area (Å²) in [7, 11) is 0. The number of nitrogens with zero attached hydrogens (tertiary/aromatic N) is 3. The molecule has 4 N–H and O–H groups in total. The molecule has 0 amide bonds. The number of nitrogens with one attached hydrogen (secondary N) is 2. The zero-order valence-corrected chi connectivity index (χ0v) is 10.8. The van der Waals surface area contributed by atoms with Crippen molar-refractivity contribution in [2.45, 2.75) is 18.8 Å². The van der Waals surface area contributed by atoms with Gasteiger partial charge in [0, 0.05) is 17.7 Å². The van der Waals surface area contributed by atoms with Crippen molar-refractivity contribution in [1.82, 2.24) is 20.2 Å². The number of hydrogen-bond donors (Lipinski definition) is 3. The molecule has 6 nitrogen and oxygen atoms in total. The molecule has 1 aliphatic rings. The van der Waals surface area contributed by atoms with E-state index < -0.39 is 0 Å². The second kappa shape index (κ2) is 4.29. The Bertz CT molecular complexity index is 592. The molecule has 1 aliphatic carbocycles. The third-order valence-electron chi connectivity index (χ3n) is 2.69. The van der Waals surface area contributed by atoms with E-state index in [-0.39, 0.29) is 16.1 Å². The van der Waals surface area contributed by atoms with Crippen LogP contribution in [0.25, 0.3) is 0 Å². The van der Waals surface area contributed by atoms with Crippen molar-refractivity contribution in [3.8, 4) is 0 Å². The normalized spacial score (nSPS) is 14.8. The van der Waals surface area contributed by atoms with Crippen molar-refractivity contribution < 1.29 is 0 Å². The smallest absolute Gasteiger partial charge is 0.223 e. The van der Waals surface area contributed by atoms with E-state index >= 15 is 0 Å². The molecule has 8 heteroatoms. The second-order valence-electron chi connectivity index (χ2n) is 4.14. The molecule has 1 fully saturated rings. The van der Waals surface area contributed by atoms with Gasteiger partial charge >= 0.3 is 0 Å². The van der Waals surface area contributed by atoms with Gasteiger partial charge in [-0.2, -0.15) is 15.1 Å². The van der Waals surface area contributed by atoms with Gasteiger partial charge in [0.25, 0.3) is 0 Å². The van der Waals surface area contributed by atoms with E-state index in [1.165, 1.54) is 12.8 Å². The monoisotopic (exact) mass is 284 g/mol. The van der Waals surface area contributed by atoms with Crippen LogP contribution in [0.2, 0.25) is 10.2 Å². The molecule has 18 heavy (non-hydrogen) atoms. The molecule has 2 heterocycles. The summed E-state index contributed by atoms with van der Waals surface area (Å²) in [5.41, 5.74) is 6.62. The first-order valence-corrected chi connectivity index (χ1v) is 6.20. The summed E-state index contributed by atoms with van der Waals surface area (Å²) < 4.78 is 0. The fourth-order valence-electron chi connectivity index (χ4n) is 1.64. The molecule has 0 atom stereocenters. The second-order valence-corrected chi connectivity index (χ2v) is 4.88. The average Bonchev–Trinajstić information content (AvgIpc) is 3.07. The summed E-state index contributed by atoms with van der Waals surface area (Å²) in [6.07, 6.45) is 2.41. The molecular weight excluding hydrogens is 275 g/mol. The minimum absolute atomic E-state index is 0.0600. The van der Waals surface area contributed by atoms with Gasteiger partial charge in [0.1, 0.15) is 5.02 Å². The summed E-state index contributed by atoms with van der Waals surface area (Å²) in [6.45, 7) is 0. The number of anilines is 3. The Morgan fingerprint density at radius 2 is 2.11 bits per heavy atom. The van der Waals surface area contributed by atoms with Crippen LogP contribution < -0.4 is 11.1 Å². The predicted molar refractivity (Wildman–Crippen MR) is 70.3 cm³/mol. The highest BCUT2D eigenvalue weighted by molar-refractivity contribution is 6.42. The maximum Gasteiger partial charge on any atom is 0.223 e. The van der Waals surface area contributed by atoms with Crippen LogP contribution in [0, 0.1) is 0 Å². The average molecular weight is 285 g/mol. The Morgan fingerprint density at radius 1 is 1.33 bits per heavy atom. The Hall–Kier alpha value is -1.53. The summed E-state index contributed by atoms with van der Waals surface area (Å²) in [6, 6.07) is 1.93. The lowest BCUT2D eigenvalue weighted by Crippen LogP contribution is -2.01. The number of H-pyrrole nitrogens is 1. The molecule has 0 unspecified atom stereocenters. The molecule has 0 saturated heterocycles. The van der Waals surface area contributed by atoms with Gasteiger partial charge in [-0.1, -0.05) is 23.2 Å². The van der Waals surface area contributed by atoms with Crippen LogP contribution in [0.1, 0.15) is 24.5 Å². The molecule has 0 radical (unpaired) electrons. The van der Waals surface area contributed by atoms with Crippen LogP contribution in [-0.4, -0.2) is 20.2 Å². The van der Waals surface area contributed by atoms with Crippen molar-refractivity contribution in [1.29, 1.82) is 0 Å². The molecule has 0 aromatic carbocycles. The van der Waals surface area contributed by atoms with Crippen molar-refractivity contribution in [2.24, 2.45) is 0 Å². The van der Waals surface area contributed by atoms with Crippen LogP contribution in [-0.2, 0) is 0 Å². The Balaban J connectivity index is 1.86. The van der Waals surface area contributed by atoms with Gasteiger partial charge in [-0.15, -0.1) is 0 Å². The van der Waals surface area contributed by atoms with Gasteiger partial charge in [-0.3, -0.25) is 5.10 Å². The van der Waals surface area contributed by atoms with Crippen LogP contribution in [0.3, 0.4) is 0 Å². The largest absolute Gasteiger partial charge is 0.368 e. The maximum absolute atomic E-state index is 5.98. The number of halogens is 2. The first-order chi connectivity index (χ1) is 8.63. The highest BCUT2D eigenvalue weighted by Gasteiger charge is 2.25. The highest BCUT2D eigenvalue weighted by atomic mass is 35.5. The first kappa shape index (κ1) is 11.6. The van der Waals surface area contributed by atoms with Gasteiger partial charge < -0.3 is 11.1 Å². The minimum atomic E-state index is 0.0600. The number of aromatic nitrogens is 4. The molecule has 1 saturated carbocycles. The van der Waals surface area contributed by atoms with E-state index in [9.17, 15) is 0 Å². The fraction of sp³-hybridized carbons (Fsp3) is 0.300. The van der Waals surface area contributed by atoms with Gasteiger partial charge in [0.2, 0.25) is 5.95 Å². The van der Waals surface area contributed by atoms with Crippen molar-refractivity contribution >= 4 is 40.8 Å². The highest BCUT2D eigenvalue weighted by Crippen LogP contribution is 2.40. The number of aromatic amines is 1. The SMILES string of the molecule is Nc1nc(Cl)c(Cl)c(Nc2cc(C3CC3)[nH]n2)n1. The summed E-state index contributed by atoms with van der Waals surface area (Å²) >= 11 is 11.8. The molecule has 0 bridgehead atoms. The third kappa shape index (κ3) is 2.21. The van der Waals surface area contributed by atoms with Crippen LogP contribution in [0.4, 0.5) is 17.6 Å². The third-order valence-corrected chi connectivity index (χ3v) is 3.42. The van der Waals surface area contributed by atoms with Gasteiger partial charge in [-0.05, 0) is 12.8 Å². The summed E-state index contributed by atoms with van der Waals surface area (Å²) in [4.78, 5) is 7.73. The van der Waals surface area contributed by atoms with E-state index in [2.05, 4.69) is 25.5 Å². The topological polar surface area (TPSA) is 92.5 Å². The van der Waals surface area contributed by atoms with Gasteiger partial charge in [-0.25, -0.2) is 0 Å². The lowest BCUT2D eigenvalue weighted by atomic mass is 10.3. The molecule has 0 spiro atoms. The number of nitrogens with two attached hydrogens (primary N) is 1. The predicted octanol–water partition coefficient (Wildman–Crippen LogP) is 2.71. The number of nitrogen functional groups attached to an aromatic ring is 1. The van der Waals surface area contributed by atoms with Crippen LogP contribution in [0.5, 0.6) is 0 Å². The molecule has 0 aliphatic heterocycles. The summed E-state index contributed by atoms with van der Waals surface area (Å²) in [5, 5.41) is 10.4. The lowest BCUT2D eigenvalue weighted by molar-refractivity contribution is 0.966. The van der Waals surface area contributed by atoms with Gasteiger partial charge in [0.15, 0.2) is 16.8 Å². The first-order valence-electron chi connectivity index (χ1n) is 5.44. The molecule has 3 rings (SSSR count). The zero-order valence-electron chi connectivity index (χ0n) is 9.24. The van der Waals surface area contributed by atoms with Crippen LogP contribution >= 0.6 is 23.2 Å². The molecule has 2 aromatic heterocycles. The molecule has 94 valence electrons. The Morgan fingerprint density at radius 3 is 2.83 bits per heavy atom. The summed E-state index contributed by atoms with van der Waals surface area (Å²) in [5.74, 6) is 1.64. The van der Waals surface area contributed by atoms with Crippen LogP contribution in [0.15, 0.2) is 6.07 Å². The van der Waals surface area contributed by atoms with E-state index in [1.807, 2.05) is 6.07 Å². The zero-order chi connectivity index (χ0) is 12.7. The Labute approximate surface area is 113 Å². The molecular formula is C10H10Cl2N6. The number of hydrogen-bond acceptors (Lipinski definition) is 5. The van der Waals surface area contributed by atoms with E-state index in [4.69, 9.17) is 28.9 Å². The van der Waals surface area contributed by atoms with E-state index in [1.54, 1.807) is 0 Å². The minimum Gasteiger partial charge on any atom is -0.368 e. The Kier molecular flexibility index (Phi) is 2.76. The van der Waals surface area contributed by atoms with Gasteiger partial charge in [0.05, 0.1) is 0 Å². The van der Waals surface area contributed by atoms with E-state index in [0.29, 0.717) is 17.6 Å². The van der Waals surface area contributed by atoms with Crippen molar-refractivity contribution in [2.75, 3.05) is 11.1 Å². The lowest BCUT2D eigenvalue weighted by Gasteiger charge is -2.05.